The fourth-order valence-corrected chi connectivity index (χ4v) is 2.33. The largest absolute Gasteiger partial charge is 0.443 e. The second kappa shape index (κ2) is 3.12. The van der Waals surface area contributed by atoms with E-state index in [1.54, 1.807) is 0 Å². The third kappa shape index (κ3) is 1.59. The van der Waals surface area contributed by atoms with Gasteiger partial charge in [0.15, 0.2) is 0 Å². The van der Waals surface area contributed by atoms with Gasteiger partial charge in [0.05, 0.1) is 0 Å². The molecule has 1 unspecified atom stereocenters. The summed E-state index contributed by atoms with van der Waals surface area (Å²) in [6.07, 6.45) is 4.41. The number of ether oxygens (including phenoxy) is 1. The summed E-state index contributed by atoms with van der Waals surface area (Å²) >= 11 is 3.47. The minimum Gasteiger partial charge on any atom is -0.443 e. The maximum Gasteiger partial charge on any atom is 0.411 e. The van der Waals surface area contributed by atoms with E-state index >= 15 is 0 Å². The van der Waals surface area contributed by atoms with E-state index in [0.29, 0.717) is 0 Å². The topological polar surface area (TPSA) is 38.3 Å². The van der Waals surface area contributed by atoms with Crippen LogP contribution in [0.2, 0.25) is 0 Å². The number of alkyl carbamates (subject to hydrolysis) is 1. The molecule has 3 nitrogen and oxygen atoms in total. The number of rotatable bonds is 0. The number of amides is 1. The molecule has 0 aromatic rings. The van der Waals surface area contributed by atoms with Crippen molar-refractivity contribution in [3.63, 3.8) is 0 Å². The van der Waals surface area contributed by atoms with E-state index in [9.17, 15) is 4.79 Å². The zero-order chi connectivity index (χ0) is 10.3. The molecule has 0 aromatic heterocycles. The van der Waals surface area contributed by atoms with Crippen LogP contribution in [0.1, 0.15) is 20.3 Å². The van der Waals surface area contributed by atoms with Crippen LogP contribution in [0.25, 0.3) is 0 Å². The molecule has 1 N–H and O–H groups in total. The van der Waals surface area contributed by atoms with Gasteiger partial charge in [0.2, 0.25) is 0 Å². The van der Waals surface area contributed by atoms with Gasteiger partial charge in [0, 0.05) is 11.6 Å². The van der Waals surface area contributed by atoms with Gasteiger partial charge in [-0.15, -0.1) is 0 Å². The van der Waals surface area contributed by atoms with Crippen LogP contribution in [-0.2, 0) is 4.74 Å². The van der Waals surface area contributed by atoms with E-state index in [4.69, 9.17) is 4.74 Å². The molecule has 14 heavy (non-hydrogen) atoms. The first-order chi connectivity index (χ1) is 6.49. The van der Waals surface area contributed by atoms with Crippen LogP contribution < -0.4 is 5.32 Å². The zero-order valence-electron chi connectivity index (χ0n) is 8.13. The summed E-state index contributed by atoms with van der Waals surface area (Å²) in [6.45, 7) is 3.88. The number of fused-ring (bicyclic) bond motifs is 1. The quantitative estimate of drug-likeness (QED) is 0.725. The van der Waals surface area contributed by atoms with Crippen LogP contribution >= 0.6 is 15.9 Å². The highest BCUT2D eigenvalue weighted by atomic mass is 79.9. The second-order valence-electron chi connectivity index (χ2n) is 4.11. The average Bonchev–Trinajstić information content (AvgIpc) is 2.05. The molecule has 0 aromatic carbocycles. The normalized spacial score (nSPS) is 29.4. The standard InChI is InChI=1S/C10H12BrNO2/c1-10(2)7-5-6(11)3-4-8(7)12-9(13)14-10/h3-4,7H,5H2,1-2H3,(H,12,13). The lowest BCUT2D eigenvalue weighted by Crippen LogP contribution is -2.50. The van der Waals surface area contributed by atoms with Crippen LogP contribution in [0.4, 0.5) is 4.79 Å². The minimum atomic E-state index is -0.429. The zero-order valence-corrected chi connectivity index (χ0v) is 9.72. The molecule has 1 fully saturated rings. The van der Waals surface area contributed by atoms with E-state index in [0.717, 1.165) is 16.6 Å². The molecule has 1 atom stereocenters. The third-order valence-corrected chi connectivity index (χ3v) is 3.25. The molecule has 0 spiro atoms. The van der Waals surface area contributed by atoms with Gasteiger partial charge in [-0.3, -0.25) is 5.32 Å². The number of hydrogen-bond acceptors (Lipinski definition) is 2. The number of allylic oxidation sites excluding steroid dienone is 3. The Bertz CT molecular complexity index is 344. The molecule has 0 saturated carbocycles. The first kappa shape index (κ1) is 9.77. The fraction of sp³-hybridized carbons (Fsp3) is 0.500. The van der Waals surface area contributed by atoms with E-state index < -0.39 is 5.60 Å². The molecule has 0 bridgehead atoms. The minimum absolute atomic E-state index is 0.222. The van der Waals surface area contributed by atoms with Gasteiger partial charge in [-0.2, -0.15) is 0 Å². The summed E-state index contributed by atoms with van der Waals surface area (Å²) in [6, 6.07) is 0. The van der Waals surface area contributed by atoms with Crippen molar-refractivity contribution >= 4 is 22.0 Å². The Morgan fingerprint density at radius 2 is 2.29 bits per heavy atom. The second-order valence-corrected chi connectivity index (χ2v) is 5.13. The van der Waals surface area contributed by atoms with Crippen molar-refractivity contribution < 1.29 is 9.53 Å². The molecular formula is C10H12BrNO2. The summed E-state index contributed by atoms with van der Waals surface area (Å²) < 4.78 is 6.39. The Morgan fingerprint density at radius 3 is 3.00 bits per heavy atom. The van der Waals surface area contributed by atoms with Crippen molar-refractivity contribution in [2.45, 2.75) is 25.9 Å². The van der Waals surface area contributed by atoms with Gasteiger partial charge in [-0.25, -0.2) is 4.79 Å². The van der Waals surface area contributed by atoms with Gasteiger partial charge in [0.25, 0.3) is 0 Å². The van der Waals surface area contributed by atoms with Crippen LogP contribution in [0.3, 0.4) is 0 Å². The summed E-state index contributed by atoms with van der Waals surface area (Å²) in [4.78, 5) is 11.2. The fourth-order valence-electron chi connectivity index (χ4n) is 1.87. The van der Waals surface area contributed by atoms with Crippen LogP contribution in [0, 0.1) is 5.92 Å². The first-order valence-electron chi connectivity index (χ1n) is 4.55. The van der Waals surface area contributed by atoms with Crippen molar-refractivity contribution in [1.82, 2.24) is 5.32 Å². The monoisotopic (exact) mass is 257 g/mol. The molecular weight excluding hydrogens is 246 g/mol. The van der Waals surface area contributed by atoms with Gasteiger partial charge in [0.1, 0.15) is 5.60 Å². The molecule has 4 heteroatoms. The third-order valence-electron chi connectivity index (χ3n) is 2.66. The molecule has 1 aliphatic carbocycles. The lowest BCUT2D eigenvalue weighted by Gasteiger charge is -2.41. The molecule has 76 valence electrons. The molecule has 1 amide bonds. The van der Waals surface area contributed by atoms with Crippen molar-refractivity contribution in [2.24, 2.45) is 5.92 Å². The predicted molar refractivity (Wildman–Crippen MR) is 56.9 cm³/mol. The Hall–Kier alpha value is -0.770. The summed E-state index contributed by atoms with van der Waals surface area (Å²) in [5.74, 6) is 0.222. The lowest BCUT2D eigenvalue weighted by atomic mass is 9.82. The smallest absolute Gasteiger partial charge is 0.411 e. The summed E-state index contributed by atoms with van der Waals surface area (Å²) in [7, 11) is 0. The van der Waals surface area contributed by atoms with E-state index in [1.165, 1.54) is 0 Å². The summed E-state index contributed by atoms with van der Waals surface area (Å²) in [5, 5.41) is 2.73. The highest BCUT2D eigenvalue weighted by molar-refractivity contribution is 9.11. The van der Waals surface area contributed by atoms with E-state index in [-0.39, 0.29) is 12.0 Å². The molecule has 0 radical (unpaired) electrons. The molecule has 2 aliphatic rings. The number of nitrogens with one attached hydrogen (secondary N) is 1. The van der Waals surface area contributed by atoms with Gasteiger partial charge >= 0.3 is 6.09 Å². The maximum absolute atomic E-state index is 11.2. The predicted octanol–water partition coefficient (Wildman–Crippen LogP) is 2.69. The maximum atomic E-state index is 11.2. The van der Waals surface area contributed by atoms with Gasteiger partial charge in [-0.05, 0) is 30.8 Å². The SMILES string of the molecule is CC1(C)OC(=O)NC2=CC=C(Br)CC21. The van der Waals surface area contributed by atoms with Gasteiger partial charge < -0.3 is 4.74 Å². The lowest BCUT2D eigenvalue weighted by molar-refractivity contribution is -0.0126. The molecule has 1 saturated heterocycles. The first-order valence-corrected chi connectivity index (χ1v) is 5.34. The van der Waals surface area contributed by atoms with E-state index in [1.807, 2.05) is 26.0 Å². The Balaban J connectivity index is 2.34. The van der Waals surface area contributed by atoms with Crippen molar-refractivity contribution in [1.29, 1.82) is 0 Å². The number of carbonyl (C=O) groups excluding carboxylic acids is 1. The van der Waals surface area contributed by atoms with Crippen LogP contribution in [0.5, 0.6) is 0 Å². The van der Waals surface area contributed by atoms with Crippen molar-refractivity contribution in [3.05, 3.63) is 22.3 Å². The molecule has 1 aliphatic heterocycles. The number of carbonyl (C=O) groups is 1. The average molecular weight is 258 g/mol. The number of hydrogen-bond donors (Lipinski definition) is 1. The summed E-state index contributed by atoms with van der Waals surface area (Å²) in [5.41, 5.74) is 0.524. The van der Waals surface area contributed by atoms with Gasteiger partial charge in [-0.1, -0.05) is 22.0 Å². The Morgan fingerprint density at radius 1 is 1.57 bits per heavy atom. The van der Waals surface area contributed by atoms with Crippen molar-refractivity contribution in [3.8, 4) is 0 Å². The Kier molecular flexibility index (Phi) is 2.18. The Labute approximate surface area is 91.3 Å². The van der Waals surface area contributed by atoms with Crippen LogP contribution in [0.15, 0.2) is 22.3 Å². The number of halogens is 1. The highest BCUT2D eigenvalue weighted by Gasteiger charge is 2.41. The molecule has 2 rings (SSSR count). The van der Waals surface area contributed by atoms with Crippen molar-refractivity contribution in [2.75, 3.05) is 0 Å². The highest BCUT2D eigenvalue weighted by Crippen LogP contribution is 2.39. The van der Waals surface area contributed by atoms with Crippen LogP contribution in [-0.4, -0.2) is 11.7 Å². The van der Waals surface area contributed by atoms with E-state index in [2.05, 4.69) is 21.2 Å². The molecule has 1 heterocycles. The number of cyclic esters (lactones) is 1.